The van der Waals surface area contributed by atoms with Crippen molar-refractivity contribution in [3.63, 3.8) is 0 Å². The number of carbonyl (C=O) groups excluding carboxylic acids is 2. The molecule has 2 heterocycles. The van der Waals surface area contributed by atoms with Crippen LogP contribution >= 0.6 is 0 Å². The Morgan fingerprint density at radius 3 is 2.17 bits per heavy atom. The van der Waals surface area contributed by atoms with Crippen LogP contribution in [0.4, 0.5) is 4.39 Å². The van der Waals surface area contributed by atoms with Crippen molar-refractivity contribution in [2.24, 2.45) is 0 Å². The van der Waals surface area contributed by atoms with E-state index < -0.39 is 39.3 Å². The Bertz CT molecular complexity index is 1270. The highest BCUT2D eigenvalue weighted by atomic mass is 32.2. The lowest BCUT2D eigenvalue weighted by Crippen LogP contribution is -2.39. The highest BCUT2D eigenvalue weighted by molar-refractivity contribution is 7.89. The number of piperidine rings is 1. The molecule has 2 aliphatic heterocycles. The van der Waals surface area contributed by atoms with E-state index in [1.54, 1.807) is 0 Å². The third-order valence-corrected chi connectivity index (χ3v) is 8.57. The molecule has 0 radical (unpaired) electrons. The lowest BCUT2D eigenvalue weighted by molar-refractivity contribution is -0.140. The van der Waals surface area contributed by atoms with Crippen LogP contribution in [0.25, 0.3) is 5.76 Å². The molecule has 0 aliphatic carbocycles. The number of aliphatic hydroxyl groups excluding tert-OH is 1. The lowest BCUT2D eigenvalue weighted by Gasteiger charge is -2.31. The predicted molar refractivity (Wildman–Crippen MR) is 133 cm³/mol. The molecule has 8 nitrogen and oxygen atoms in total. The van der Waals surface area contributed by atoms with Crippen molar-refractivity contribution in [1.82, 2.24) is 14.1 Å². The summed E-state index contributed by atoms with van der Waals surface area (Å²) in [5.74, 6) is -2.42. The number of hydrogen-bond donors (Lipinski definition) is 1. The molecule has 2 aliphatic rings. The molecule has 1 amide bonds. The number of nitrogens with zero attached hydrogens (tertiary/aromatic N) is 3. The van der Waals surface area contributed by atoms with E-state index in [2.05, 4.69) is 4.90 Å². The second-order valence-electron chi connectivity index (χ2n) is 9.26. The second kappa shape index (κ2) is 10.5. The van der Waals surface area contributed by atoms with Gasteiger partial charge in [0.05, 0.1) is 16.5 Å². The van der Waals surface area contributed by atoms with E-state index in [1.165, 1.54) is 73.9 Å². The van der Waals surface area contributed by atoms with Gasteiger partial charge in [-0.05, 0) is 67.9 Å². The SMILES string of the molecule is CN(C)S(=O)(=O)c1ccc(/C(O)=C2\C(=O)C(=O)N(CCN3CCCCC3)[C@@H]2c2ccc(F)cc2)cc1. The summed E-state index contributed by atoms with van der Waals surface area (Å²) in [5, 5.41) is 11.2. The molecule has 10 heteroatoms. The van der Waals surface area contributed by atoms with E-state index in [0.29, 0.717) is 12.1 Å². The fourth-order valence-electron chi connectivity index (χ4n) is 4.69. The smallest absolute Gasteiger partial charge is 0.295 e. The molecule has 2 aromatic rings. The van der Waals surface area contributed by atoms with E-state index in [9.17, 15) is 27.5 Å². The molecule has 2 saturated heterocycles. The van der Waals surface area contributed by atoms with Gasteiger partial charge in [0.25, 0.3) is 11.7 Å². The molecule has 1 N–H and O–H groups in total. The first kappa shape index (κ1) is 26.0. The predicted octanol–water partition coefficient (Wildman–Crippen LogP) is 2.98. The molecule has 0 spiro atoms. The van der Waals surface area contributed by atoms with Gasteiger partial charge < -0.3 is 14.9 Å². The van der Waals surface area contributed by atoms with Crippen molar-refractivity contribution in [1.29, 1.82) is 0 Å². The average molecular weight is 516 g/mol. The van der Waals surface area contributed by atoms with Crippen molar-refractivity contribution in [2.75, 3.05) is 40.3 Å². The van der Waals surface area contributed by atoms with Gasteiger partial charge in [-0.15, -0.1) is 0 Å². The topological polar surface area (TPSA) is 98.2 Å². The molecule has 2 fully saturated rings. The Morgan fingerprint density at radius 2 is 1.58 bits per heavy atom. The molecular formula is C26H30FN3O5S. The number of halogens is 1. The van der Waals surface area contributed by atoms with Crippen LogP contribution in [0.3, 0.4) is 0 Å². The molecule has 0 bridgehead atoms. The first-order chi connectivity index (χ1) is 17.1. The summed E-state index contributed by atoms with van der Waals surface area (Å²) in [4.78, 5) is 29.9. The highest BCUT2D eigenvalue weighted by Gasteiger charge is 2.46. The van der Waals surface area contributed by atoms with Crippen LogP contribution in [0.15, 0.2) is 59.0 Å². The highest BCUT2D eigenvalue weighted by Crippen LogP contribution is 2.39. The van der Waals surface area contributed by atoms with Crippen LogP contribution in [0.1, 0.15) is 36.4 Å². The standard InChI is InChI=1S/C26H30FN3O5S/c1-28(2)36(34,35)21-12-8-19(9-13-21)24(31)22-23(18-6-10-20(27)11-7-18)30(26(33)25(22)32)17-16-29-14-4-3-5-15-29/h6-13,23,31H,3-5,14-17H2,1-2H3/b24-22+/t23-/m1/s1. The maximum Gasteiger partial charge on any atom is 0.295 e. The van der Waals surface area contributed by atoms with Crippen molar-refractivity contribution >= 4 is 27.5 Å². The maximum absolute atomic E-state index is 13.7. The Hall–Kier alpha value is -3.08. The number of likely N-dealkylation sites (tertiary alicyclic amines) is 2. The number of sulfonamides is 1. The Morgan fingerprint density at radius 1 is 0.972 bits per heavy atom. The molecule has 0 aromatic heterocycles. The van der Waals surface area contributed by atoms with E-state index in [4.69, 9.17) is 0 Å². The van der Waals surface area contributed by atoms with Gasteiger partial charge in [0.2, 0.25) is 10.0 Å². The van der Waals surface area contributed by atoms with E-state index >= 15 is 0 Å². The Kier molecular flexibility index (Phi) is 7.58. The molecule has 4 rings (SSSR count). The molecule has 0 saturated carbocycles. The van der Waals surface area contributed by atoms with Crippen LogP contribution in [0.5, 0.6) is 0 Å². The van der Waals surface area contributed by atoms with Gasteiger partial charge in [0, 0.05) is 32.7 Å². The van der Waals surface area contributed by atoms with Crippen LogP contribution < -0.4 is 0 Å². The van der Waals surface area contributed by atoms with Crippen LogP contribution in [-0.2, 0) is 19.6 Å². The van der Waals surface area contributed by atoms with Crippen LogP contribution in [0.2, 0.25) is 0 Å². The van der Waals surface area contributed by atoms with E-state index in [0.717, 1.165) is 30.2 Å². The fourth-order valence-corrected chi connectivity index (χ4v) is 5.59. The van der Waals surface area contributed by atoms with Crippen molar-refractivity contribution in [3.05, 3.63) is 71.0 Å². The average Bonchev–Trinajstić information content (AvgIpc) is 3.13. The number of Topliss-reactive ketones (excluding diaryl/α,β-unsaturated/α-hetero) is 1. The minimum Gasteiger partial charge on any atom is -0.507 e. The summed E-state index contributed by atoms with van der Waals surface area (Å²) < 4.78 is 39.5. The monoisotopic (exact) mass is 515 g/mol. The number of rotatable bonds is 7. The van der Waals surface area contributed by atoms with Crippen molar-refractivity contribution in [3.8, 4) is 0 Å². The van der Waals surface area contributed by atoms with E-state index in [1.807, 2.05) is 0 Å². The van der Waals surface area contributed by atoms with Gasteiger partial charge >= 0.3 is 0 Å². The summed E-state index contributed by atoms with van der Waals surface area (Å²) >= 11 is 0. The maximum atomic E-state index is 13.7. The zero-order chi connectivity index (χ0) is 26.0. The van der Waals surface area contributed by atoms with Gasteiger partial charge in [-0.25, -0.2) is 17.1 Å². The minimum atomic E-state index is -3.68. The Balaban J connectivity index is 1.72. The van der Waals surface area contributed by atoms with E-state index in [-0.39, 0.29) is 22.6 Å². The lowest BCUT2D eigenvalue weighted by atomic mass is 9.95. The number of carbonyl (C=O) groups is 2. The summed E-state index contributed by atoms with van der Waals surface area (Å²) in [6.45, 7) is 2.71. The zero-order valence-corrected chi connectivity index (χ0v) is 21.2. The molecular weight excluding hydrogens is 485 g/mol. The normalized spacial score (nSPS) is 20.9. The molecule has 0 unspecified atom stereocenters. The summed E-state index contributed by atoms with van der Waals surface area (Å²) in [5.41, 5.74) is 0.602. The van der Waals surface area contributed by atoms with Crippen LogP contribution in [0, 0.1) is 5.82 Å². The van der Waals surface area contributed by atoms with Crippen molar-refractivity contribution < 1.29 is 27.5 Å². The fraction of sp³-hybridized carbons (Fsp3) is 0.385. The Labute approximate surface area is 210 Å². The molecule has 36 heavy (non-hydrogen) atoms. The molecule has 1 atom stereocenters. The number of benzene rings is 2. The number of amides is 1. The largest absolute Gasteiger partial charge is 0.507 e. The second-order valence-corrected chi connectivity index (χ2v) is 11.4. The third-order valence-electron chi connectivity index (χ3n) is 6.74. The first-order valence-electron chi connectivity index (χ1n) is 11.9. The van der Waals surface area contributed by atoms with Gasteiger partial charge in [0.1, 0.15) is 11.6 Å². The summed E-state index contributed by atoms with van der Waals surface area (Å²) in [6.07, 6.45) is 3.34. The molecule has 192 valence electrons. The number of aliphatic hydroxyl groups is 1. The quantitative estimate of drug-likeness (QED) is 0.346. The summed E-state index contributed by atoms with van der Waals surface area (Å²) in [6, 6.07) is 10.1. The van der Waals surface area contributed by atoms with Gasteiger partial charge in [-0.2, -0.15) is 0 Å². The summed E-state index contributed by atoms with van der Waals surface area (Å²) in [7, 11) is -0.849. The number of ketones is 1. The van der Waals surface area contributed by atoms with Gasteiger partial charge in [-0.1, -0.05) is 18.6 Å². The minimum absolute atomic E-state index is 0.0288. The van der Waals surface area contributed by atoms with Crippen molar-refractivity contribution in [2.45, 2.75) is 30.2 Å². The van der Waals surface area contributed by atoms with Crippen LogP contribution in [-0.4, -0.2) is 79.6 Å². The van der Waals surface area contributed by atoms with Gasteiger partial charge in [-0.3, -0.25) is 9.59 Å². The zero-order valence-electron chi connectivity index (χ0n) is 20.4. The molecule has 2 aromatic carbocycles. The first-order valence-corrected chi connectivity index (χ1v) is 13.3. The third kappa shape index (κ3) is 5.07. The van der Waals surface area contributed by atoms with Gasteiger partial charge in [0.15, 0.2) is 0 Å². The number of hydrogen-bond acceptors (Lipinski definition) is 6.